The lowest BCUT2D eigenvalue weighted by molar-refractivity contribution is 0.194. The topological polar surface area (TPSA) is 33.7 Å². The lowest BCUT2D eigenvalue weighted by Crippen LogP contribution is -2.38. The van der Waals surface area contributed by atoms with E-state index in [2.05, 4.69) is 38.3 Å². The Labute approximate surface area is 159 Å². The summed E-state index contributed by atoms with van der Waals surface area (Å²) in [6, 6.07) is 4.29. The highest BCUT2D eigenvalue weighted by Gasteiger charge is 2.38. The average Bonchev–Trinajstić information content (AvgIpc) is 2.90. The van der Waals surface area contributed by atoms with Gasteiger partial charge in [-0.05, 0) is 84.9 Å². The second-order valence-corrected chi connectivity index (χ2v) is 7.61. The molecule has 2 aliphatic heterocycles. The molecule has 24 heavy (non-hydrogen) atoms. The summed E-state index contributed by atoms with van der Waals surface area (Å²) in [5.41, 5.74) is 1.84. The normalized spacial score (nSPS) is 20.0. The molecule has 0 amide bonds. The number of piperidine rings is 1. The Morgan fingerprint density at radius 1 is 1.25 bits per heavy atom. The SMILES string of the molecule is CCOc1cc(CN2CCC3(CCNCC3)C2)cc(Br)c1OC.Cl. The van der Waals surface area contributed by atoms with Crippen LogP contribution < -0.4 is 14.8 Å². The highest BCUT2D eigenvalue weighted by atomic mass is 79.9. The Morgan fingerprint density at radius 2 is 2.00 bits per heavy atom. The number of likely N-dealkylation sites (tertiary alicyclic amines) is 1. The van der Waals surface area contributed by atoms with E-state index >= 15 is 0 Å². The van der Waals surface area contributed by atoms with Crippen molar-refractivity contribution in [2.75, 3.05) is 39.9 Å². The largest absolute Gasteiger partial charge is 0.492 e. The summed E-state index contributed by atoms with van der Waals surface area (Å²) >= 11 is 3.62. The van der Waals surface area contributed by atoms with Crippen LogP contribution in [0.1, 0.15) is 31.7 Å². The predicted molar refractivity (Wildman–Crippen MR) is 104 cm³/mol. The third-order valence-electron chi connectivity index (χ3n) is 5.16. The van der Waals surface area contributed by atoms with E-state index in [4.69, 9.17) is 9.47 Å². The molecule has 0 aliphatic carbocycles. The van der Waals surface area contributed by atoms with Gasteiger partial charge in [-0.15, -0.1) is 12.4 Å². The molecule has 2 aliphatic rings. The number of hydrogen-bond donors (Lipinski definition) is 1. The Bertz CT molecular complexity index is 550. The number of nitrogens with one attached hydrogen (secondary N) is 1. The van der Waals surface area contributed by atoms with E-state index in [0.29, 0.717) is 12.0 Å². The van der Waals surface area contributed by atoms with Crippen molar-refractivity contribution >= 4 is 28.3 Å². The third kappa shape index (κ3) is 4.37. The van der Waals surface area contributed by atoms with E-state index < -0.39 is 0 Å². The minimum absolute atomic E-state index is 0. The molecule has 0 bridgehead atoms. The maximum Gasteiger partial charge on any atom is 0.174 e. The van der Waals surface area contributed by atoms with Gasteiger partial charge in [-0.3, -0.25) is 4.90 Å². The molecule has 0 saturated carbocycles. The number of halogens is 2. The van der Waals surface area contributed by atoms with Crippen LogP contribution in [0.15, 0.2) is 16.6 Å². The summed E-state index contributed by atoms with van der Waals surface area (Å²) in [7, 11) is 1.68. The smallest absolute Gasteiger partial charge is 0.174 e. The fourth-order valence-electron chi connectivity index (χ4n) is 3.96. The molecule has 2 heterocycles. The van der Waals surface area contributed by atoms with E-state index in [-0.39, 0.29) is 12.4 Å². The Balaban J connectivity index is 0.00000208. The summed E-state index contributed by atoms with van der Waals surface area (Å²) < 4.78 is 12.2. The summed E-state index contributed by atoms with van der Waals surface area (Å²) in [6.07, 6.45) is 3.98. The molecule has 1 spiro atoms. The molecule has 1 N–H and O–H groups in total. The zero-order chi connectivity index (χ0) is 16.3. The first kappa shape index (κ1) is 19.8. The van der Waals surface area contributed by atoms with E-state index in [0.717, 1.165) is 22.5 Å². The summed E-state index contributed by atoms with van der Waals surface area (Å²) in [6.45, 7) is 8.41. The van der Waals surface area contributed by atoms with Gasteiger partial charge in [0.25, 0.3) is 0 Å². The second kappa shape index (κ2) is 8.75. The quantitative estimate of drug-likeness (QED) is 0.786. The van der Waals surface area contributed by atoms with Gasteiger partial charge in [0.2, 0.25) is 0 Å². The average molecular weight is 420 g/mol. The van der Waals surface area contributed by atoms with E-state index in [1.807, 2.05) is 6.92 Å². The zero-order valence-electron chi connectivity index (χ0n) is 14.6. The highest BCUT2D eigenvalue weighted by Crippen LogP contribution is 2.40. The molecule has 0 aromatic heterocycles. The molecule has 3 rings (SSSR count). The van der Waals surface area contributed by atoms with Crippen LogP contribution in [0.4, 0.5) is 0 Å². The second-order valence-electron chi connectivity index (χ2n) is 6.75. The van der Waals surface area contributed by atoms with E-state index in [1.165, 1.54) is 51.0 Å². The van der Waals surface area contributed by atoms with Crippen LogP contribution in [-0.2, 0) is 6.54 Å². The van der Waals surface area contributed by atoms with Crippen molar-refractivity contribution in [1.29, 1.82) is 0 Å². The van der Waals surface area contributed by atoms with E-state index in [9.17, 15) is 0 Å². The summed E-state index contributed by atoms with van der Waals surface area (Å²) in [5, 5.41) is 3.49. The van der Waals surface area contributed by atoms with Gasteiger partial charge < -0.3 is 14.8 Å². The molecule has 2 saturated heterocycles. The van der Waals surface area contributed by atoms with Crippen LogP contribution in [0.2, 0.25) is 0 Å². The van der Waals surface area contributed by atoms with E-state index in [1.54, 1.807) is 7.11 Å². The standard InChI is InChI=1S/C18H27BrN2O2.ClH/c1-3-23-16-11-14(10-15(19)17(16)22-2)12-21-9-6-18(13-21)4-7-20-8-5-18;/h10-11,20H,3-9,12-13H2,1-2H3;1H. The van der Waals surface area contributed by atoms with Crippen molar-refractivity contribution in [2.24, 2.45) is 5.41 Å². The molecular weight excluding hydrogens is 392 g/mol. The molecule has 0 atom stereocenters. The molecular formula is C18H28BrClN2O2. The van der Waals surface area contributed by atoms with Gasteiger partial charge in [-0.1, -0.05) is 0 Å². The van der Waals surface area contributed by atoms with Crippen LogP contribution >= 0.6 is 28.3 Å². The monoisotopic (exact) mass is 418 g/mol. The van der Waals surface area contributed by atoms with Crippen molar-refractivity contribution in [3.8, 4) is 11.5 Å². The van der Waals surface area contributed by atoms with Gasteiger partial charge in [-0.2, -0.15) is 0 Å². The molecule has 6 heteroatoms. The molecule has 1 aromatic rings. The van der Waals surface area contributed by atoms with Gasteiger partial charge in [0.1, 0.15) is 0 Å². The first-order valence-electron chi connectivity index (χ1n) is 8.58. The minimum atomic E-state index is 0. The Hall–Kier alpha value is -0.490. The fourth-order valence-corrected chi connectivity index (χ4v) is 4.61. The molecule has 1 aromatic carbocycles. The number of ether oxygens (including phenoxy) is 2. The fraction of sp³-hybridized carbons (Fsp3) is 0.667. The highest BCUT2D eigenvalue weighted by molar-refractivity contribution is 9.10. The maximum atomic E-state index is 5.74. The van der Waals surface area contributed by atoms with Gasteiger partial charge in [0, 0.05) is 13.1 Å². The van der Waals surface area contributed by atoms with Crippen molar-refractivity contribution in [1.82, 2.24) is 10.2 Å². The predicted octanol–water partition coefficient (Wildman–Crippen LogP) is 3.85. The number of hydrogen-bond acceptors (Lipinski definition) is 4. The molecule has 0 radical (unpaired) electrons. The Morgan fingerprint density at radius 3 is 2.67 bits per heavy atom. The van der Waals surface area contributed by atoms with Crippen molar-refractivity contribution in [3.05, 3.63) is 22.2 Å². The number of methoxy groups -OCH3 is 1. The number of benzene rings is 1. The summed E-state index contributed by atoms with van der Waals surface area (Å²) in [4.78, 5) is 2.59. The van der Waals surface area contributed by atoms with Crippen LogP contribution in [-0.4, -0.2) is 44.8 Å². The van der Waals surface area contributed by atoms with Gasteiger partial charge in [-0.25, -0.2) is 0 Å². The molecule has 136 valence electrons. The van der Waals surface area contributed by atoms with Gasteiger partial charge in [0.15, 0.2) is 11.5 Å². The molecule has 2 fully saturated rings. The lowest BCUT2D eigenvalue weighted by Gasteiger charge is -2.34. The van der Waals surface area contributed by atoms with Gasteiger partial charge >= 0.3 is 0 Å². The summed E-state index contributed by atoms with van der Waals surface area (Å²) in [5.74, 6) is 1.61. The van der Waals surface area contributed by atoms with Gasteiger partial charge in [0.05, 0.1) is 18.2 Å². The van der Waals surface area contributed by atoms with Crippen LogP contribution in [0.3, 0.4) is 0 Å². The van der Waals surface area contributed by atoms with Crippen LogP contribution in [0.5, 0.6) is 11.5 Å². The lowest BCUT2D eigenvalue weighted by atomic mass is 9.78. The van der Waals surface area contributed by atoms with Crippen LogP contribution in [0, 0.1) is 5.41 Å². The first-order valence-corrected chi connectivity index (χ1v) is 9.37. The first-order chi connectivity index (χ1) is 11.2. The van der Waals surface area contributed by atoms with Crippen molar-refractivity contribution in [3.63, 3.8) is 0 Å². The Kier molecular flexibility index (Phi) is 7.23. The number of nitrogens with zero attached hydrogens (tertiary/aromatic N) is 1. The minimum Gasteiger partial charge on any atom is -0.492 e. The zero-order valence-corrected chi connectivity index (χ0v) is 17.0. The maximum absolute atomic E-state index is 5.74. The van der Waals surface area contributed by atoms with Crippen molar-refractivity contribution in [2.45, 2.75) is 32.7 Å². The third-order valence-corrected chi connectivity index (χ3v) is 5.75. The molecule has 4 nitrogen and oxygen atoms in total. The van der Waals surface area contributed by atoms with Crippen molar-refractivity contribution < 1.29 is 9.47 Å². The molecule has 0 unspecified atom stereocenters. The number of rotatable bonds is 5. The van der Waals surface area contributed by atoms with Crippen LogP contribution in [0.25, 0.3) is 0 Å².